The fraction of sp³-hybridized carbons (Fsp3) is 0.188. The quantitative estimate of drug-likeness (QED) is 0.242. The molecule has 2 aliphatic rings. The number of nitrogens with zero attached hydrogens (tertiary/aromatic N) is 1. The minimum atomic E-state index is -1.73. The first kappa shape index (κ1) is 25.5. The largest absolute Gasteiger partial charge is 0.480 e. The molecule has 0 spiro atoms. The smallest absolute Gasteiger partial charge is 0.325 e. The third-order valence-electron chi connectivity index (χ3n) is 8.05. The lowest BCUT2D eigenvalue weighted by Gasteiger charge is -2.31. The minimum absolute atomic E-state index is 0.000670. The van der Waals surface area contributed by atoms with E-state index in [0.717, 1.165) is 26.9 Å². The number of aliphatic carboxylic acids is 1. The van der Waals surface area contributed by atoms with E-state index in [-0.39, 0.29) is 12.2 Å². The molecule has 2 aliphatic heterocycles. The Kier molecular flexibility index (Phi) is 6.19. The van der Waals surface area contributed by atoms with Crippen molar-refractivity contribution in [2.75, 3.05) is 4.90 Å². The number of H-pyrrole nitrogens is 1. The normalized spacial score (nSPS) is 24.2. The number of carboxylic acids is 1. The van der Waals surface area contributed by atoms with Gasteiger partial charge in [-0.05, 0) is 48.4 Å². The topological polar surface area (TPSA) is 120 Å². The molecule has 2 fully saturated rings. The predicted octanol–water partition coefficient (Wildman–Crippen LogP) is 4.23. The summed E-state index contributed by atoms with van der Waals surface area (Å²) in [5, 5.41) is 14.8. The molecule has 4 aromatic rings. The van der Waals surface area contributed by atoms with E-state index in [1.54, 1.807) is 36.5 Å². The number of ketones is 1. The van der Waals surface area contributed by atoms with Gasteiger partial charge in [0.25, 0.3) is 0 Å². The average Bonchev–Trinajstić information content (AvgIpc) is 3.60. The molecule has 6 rings (SSSR count). The van der Waals surface area contributed by atoms with Crippen LogP contribution in [0.2, 0.25) is 0 Å². The molecule has 4 atom stereocenters. The number of imide groups is 1. The van der Waals surface area contributed by atoms with Crippen molar-refractivity contribution in [3.8, 4) is 0 Å². The van der Waals surface area contributed by atoms with E-state index in [4.69, 9.17) is 0 Å². The number of hydrogen-bond acceptors (Lipinski definition) is 5. The molecule has 3 aromatic carbocycles. The maximum absolute atomic E-state index is 14.1. The number of anilines is 1. The van der Waals surface area contributed by atoms with Gasteiger partial charge in [0.1, 0.15) is 5.54 Å². The number of nitrogens with one attached hydrogen (secondary N) is 2. The van der Waals surface area contributed by atoms with Gasteiger partial charge in [-0.25, -0.2) is 4.90 Å². The number of aromatic nitrogens is 1. The standard InChI is InChI=1S/C32H27N3O5/c1-19(36)21-12-14-23(15-13-21)35-29(37)27-26(16-11-20-7-3-2-4-8-20)34-32(31(39)40,28(27)30(35)38)17-22-18-33-25-10-6-5-9-24(22)25/h2-16,18,26-28,33-34H,17H2,1H3,(H,39,40). The second-order valence-corrected chi connectivity index (χ2v) is 10.4. The zero-order valence-electron chi connectivity index (χ0n) is 21.7. The molecule has 3 heterocycles. The first-order valence-corrected chi connectivity index (χ1v) is 13.1. The van der Waals surface area contributed by atoms with Crippen molar-refractivity contribution < 1.29 is 24.3 Å². The highest BCUT2D eigenvalue weighted by molar-refractivity contribution is 6.24. The molecule has 40 heavy (non-hydrogen) atoms. The Hall–Kier alpha value is -4.82. The second-order valence-electron chi connectivity index (χ2n) is 10.4. The Morgan fingerprint density at radius 3 is 2.35 bits per heavy atom. The molecule has 2 amide bonds. The van der Waals surface area contributed by atoms with E-state index in [0.29, 0.717) is 11.3 Å². The fourth-order valence-corrected chi connectivity index (χ4v) is 6.10. The molecule has 0 aliphatic carbocycles. The van der Waals surface area contributed by atoms with Crippen LogP contribution in [0.1, 0.15) is 28.4 Å². The van der Waals surface area contributed by atoms with Crippen LogP contribution in [0.5, 0.6) is 0 Å². The van der Waals surface area contributed by atoms with Crippen LogP contribution in [-0.2, 0) is 20.8 Å². The number of carbonyl (C=O) groups is 4. The van der Waals surface area contributed by atoms with Gasteiger partial charge in [-0.15, -0.1) is 0 Å². The summed E-state index contributed by atoms with van der Waals surface area (Å²) in [5.74, 6) is -4.45. The number of benzene rings is 3. The Balaban J connectivity index is 1.45. The Morgan fingerprint density at radius 1 is 0.950 bits per heavy atom. The lowest BCUT2D eigenvalue weighted by molar-refractivity contribution is -0.148. The van der Waals surface area contributed by atoms with Crippen molar-refractivity contribution in [2.45, 2.75) is 24.9 Å². The fourth-order valence-electron chi connectivity index (χ4n) is 6.10. The van der Waals surface area contributed by atoms with E-state index in [1.807, 2.05) is 60.7 Å². The summed E-state index contributed by atoms with van der Waals surface area (Å²) in [7, 11) is 0. The molecule has 0 radical (unpaired) electrons. The van der Waals surface area contributed by atoms with E-state index >= 15 is 0 Å². The van der Waals surface area contributed by atoms with E-state index in [1.165, 1.54) is 6.92 Å². The predicted molar refractivity (Wildman–Crippen MR) is 151 cm³/mol. The van der Waals surface area contributed by atoms with Crippen molar-refractivity contribution in [2.24, 2.45) is 11.8 Å². The lowest BCUT2D eigenvalue weighted by Crippen LogP contribution is -2.58. The van der Waals surface area contributed by atoms with Gasteiger partial charge in [0.05, 0.1) is 17.5 Å². The summed E-state index contributed by atoms with van der Waals surface area (Å²) in [6, 6.07) is 22.6. The van der Waals surface area contributed by atoms with Crippen LogP contribution >= 0.6 is 0 Å². The Labute approximate surface area is 230 Å². The summed E-state index contributed by atoms with van der Waals surface area (Å²) in [6.45, 7) is 1.44. The molecule has 4 unspecified atom stereocenters. The van der Waals surface area contributed by atoms with E-state index in [9.17, 15) is 24.3 Å². The molecule has 0 saturated carbocycles. The monoisotopic (exact) mass is 533 g/mol. The summed E-state index contributed by atoms with van der Waals surface area (Å²) in [6.07, 6.45) is 5.37. The third kappa shape index (κ3) is 4.04. The van der Waals surface area contributed by atoms with Gasteiger partial charge >= 0.3 is 5.97 Å². The van der Waals surface area contributed by atoms with E-state index in [2.05, 4.69) is 10.3 Å². The second kappa shape index (κ2) is 9.73. The van der Waals surface area contributed by atoms with Gasteiger partial charge in [0.2, 0.25) is 11.8 Å². The zero-order chi connectivity index (χ0) is 28.0. The van der Waals surface area contributed by atoms with Crippen LogP contribution in [0.4, 0.5) is 5.69 Å². The van der Waals surface area contributed by atoms with Crippen LogP contribution in [0.25, 0.3) is 17.0 Å². The highest BCUT2D eigenvalue weighted by Gasteiger charge is 2.68. The number of aromatic amines is 1. The molecule has 2 saturated heterocycles. The van der Waals surface area contributed by atoms with Crippen molar-refractivity contribution in [3.05, 3.63) is 108 Å². The summed E-state index contributed by atoms with van der Waals surface area (Å²) >= 11 is 0. The van der Waals surface area contributed by atoms with Crippen LogP contribution < -0.4 is 10.2 Å². The first-order valence-electron chi connectivity index (χ1n) is 13.1. The molecular formula is C32H27N3O5. The molecule has 8 heteroatoms. The Morgan fingerprint density at radius 2 is 1.65 bits per heavy atom. The minimum Gasteiger partial charge on any atom is -0.480 e. The number of carbonyl (C=O) groups excluding carboxylic acids is 3. The molecule has 200 valence electrons. The van der Waals surface area contributed by atoms with Gasteiger partial charge in [-0.1, -0.05) is 60.7 Å². The maximum atomic E-state index is 14.1. The van der Waals surface area contributed by atoms with Gasteiger partial charge < -0.3 is 10.1 Å². The molecule has 3 N–H and O–H groups in total. The highest BCUT2D eigenvalue weighted by Crippen LogP contribution is 2.47. The van der Waals surface area contributed by atoms with Crippen LogP contribution in [-0.4, -0.2) is 45.2 Å². The van der Waals surface area contributed by atoms with E-state index < -0.39 is 41.2 Å². The van der Waals surface area contributed by atoms with Crippen LogP contribution in [0.15, 0.2) is 91.1 Å². The Bertz CT molecular complexity index is 1670. The number of Topliss-reactive ketones (excluding diaryl/α,β-unsaturated/α-hetero) is 1. The van der Waals surface area contributed by atoms with Crippen molar-refractivity contribution in [3.63, 3.8) is 0 Å². The highest BCUT2D eigenvalue weighted by atomic mass is 16.4. The third-order valence-corrected chi connectivity index (χ3v) is 8.05. The van der Waals surface area contributed by atoms with Gasteiger partial charge in [-0.3, -0.25) is 24.5 Å². The zero-order valence-corrected chi connectivity index (χ0v) is 21.7. The number of rotatable bonds is 7. The number of para-hydroxylation sites is 1. The number of hydrogen-bond donors (Lipinski definition) is 3. The van der Waals surface area contributed by atoms with Crippen molar-refractivity contribution >= 4 is 46.2 Å². The van der Waals surface area contributed by atoms with Gasteiger partial charge in [0, 0.05) is 35.1 Å². The average molecular weight is 534 g/mol. The summed E-state index contributed by atoms with van der Waals surface area (Å²) < 4.78 is 0. The molecule has 1 aromatic heterocycles. The molecular weight excluding hydrogens is 506 g/mol. The summed E-state index contributed by atoms with van der Waals surface area (Å²) in [5.41, 5.74) is 1.51. The number of carboxylic acid groups (broad SMARTS) is 1. The van der Waals surface area contributed by atoms with Crippen LogP contribution in [0, 0.1) is 11.8 Å². The van der Waals surface area contributed by atoms with Crippen LogP contribution in [0.3, 0.4) is 0 Å². The van der Waals surface area contributed by atoms with Crippen molar-refractivity contribution in [1.82, 2.24) is 10.3 Å². The lowest BCUT2D eigenvalue weighted by atomic mass is 9.76. The maximum Gasteiger partial charge on any atom is 0.325 e. The number of fused-ring (bicyclic) bond motifs is 2. The van der Waals surface area contributed by atoms with Crippen molar-refractivity contribution in [1.29, 1.82) is 0 Å². The van der Waals surface area contributed by atoms with Gasteiger partial charge in [0.15, 0.2) is 5.78 Å². The molecule has 0 bridgehead atoms. The molecule has 8 nitrogen and oxygen atoms in total. The summed E-state index contributed by atoms with van der Waals surface area (Å²) in [4.78, 5) is 57.2. The first-order chi connectivity index (χ1) is 19.3. The van der Waals surface area contributed by atoms with Gasteiger partial charge in [-0.2, -0.15) is 0 Å². The number of amides is 2. The SMILES string of the molecule is CC(=O)c1ccc(N2C(=O)C3C(C=Cc4ccccc4)NC(Cc4c[nH]c5ccccc45)(C(=O)O)C3C2=O)cc1.